The second kappa shape index (κ2) is 4.79. The Morgan fingerprint density at radius 1 is 1.31 bits per heavy atom. The molecule has 0 N–H and O–H groups in total. The van der Waals surface area contributed by atoms with Gasteiger partial charge in [0.1, 0.15) is 0 Å². The van der Waals surface area contributed by atoms with Gasteiger partial charge in [-0.1, -0.05) is 26.0 Å². The SMILES string of the molecule is [C-]#[N+]c1ccc(SC(C)C)cc1C(F)(F)F. The summed E-state index contributed by atoms with van der Waals surface area (Å²) in [6.45, 7) is 10.5. The van der Waals surface area contributed by atoms with Gasteiger partial charge in [0.2, 0.25) is 0 Å². The van der Waals surface area contributed by atoms with Gasteiger partial charge in [0.15, 0.2) is 5.69 Å². The van der Waals surface area contributed by atoms with Crippen LogP contribution in [0.5, 0.6) is 0 Å². The van der Waals surface area contributed by atoms with E-state index in [9.17, 15) is 13.2 Å². The fraction of sp³-hybridized carbons (Fsp3) is 0.364. The van der Waals surface area contributed by atoms with Crippen LogP contribution in [0.15, 0.2) is 23.1 Å². The number of benzene rings is 1. The van der Waals surface area contributed by atoms with E-state index < -0.39 is 11.7 Å². The summed E-state index contributed by atoms with van der Waals surface area (Å²) in [4.78, 5) is 3.41. The van der Waals surface area contributed by atoms with Crippen molar-refractivity contribution < 1.29 is 13.2 Å². The number of halogens is 3. The smallest absolute Gasteiger partial charge is 0.238 e. The molecule has 5 heteroatoms. The minimum Gasteiger partial charge on any atom is -0.238 e. The maximum absolute atomic E-state index is 12.6. The van der Waals surface area contributed by atoms with Crippen LogP contribution in [0.1, 0.15) is 19.4 Å². The van der Waals surface area contributed by atoms with Crippen LogP contribution in [0, 0.1) is 6.57 Å². The first-order chi connectivity index (χ1) is 7.34. The lowest BCUT2D eigenvalue weighted by Gasteiger charge is -2.11. The van der Waals surface area contributed by atoms with E-state index >= 15 is 0 Å². The number of hydrogen-bond donors (Lipinski definition) is 0. The maximum atomic E-state index is 12.6. The Kier molecular flexibility index (Phi) is 3.87. The summed E-state index contributed by atoms with van der Waals surface area (Å²) in [5.74, 6) is 0. The van der Waals surface area contributed by atoms with E-state index in [4.69, 9.17) is 6.57 Å². The average molecular weight is 245 g/mol. The molecule has 0 unspecified atom stereocenters. The average Bonchev–Trinajstić information content (AvgIpc) is 2.15. The third-order valence-electron chi connectivity index (χ3n) is 1.77. The molecule has 0 aromatic heterocycles. The van der Waals surface area contributed by atoms with E-state index in [1.807, 2.05) is 13.8 Å². The highest BCUT2D eigenvalue weighted by atomic mass is 32.2. The van der Waals surface area contributed by atoms with Crippen LogP contribution < -0.4 is 0 Å². The molecule has 0 saturated carbocycles. The first-order valence-corrected chi connectivity index (χ1v) is 5.48. The first-order valence-electron chi connectivity index (χ1n) is 4.60. The fourth-order valence-corrected chi connectivity index (χ4v) is 2.06. The molecule has 0 aliphatic rings. The van der Waals surface area contributed by atoms with E-state index in [1.54, 1.807) is 6.07 Å². The van der Waals surface area contributed by atoms with Gasteiger partial charge in [-0.2, -0.15) is 13.2 Å². The highest BCUT2D eigenvalue weighted by molar-refractivity contribution is 7.99. The van der Waals surface area contributed by atoms with E-state index in [2.05, 4.69) is 4.85 Å². The van der Waals surface area contributed by atoms with Crippen LogP contribution in [0.2, 0.25) is 0 Å². The Morgan fingerprint density at radius 3 is 2.38 bits per heavy atom. The van der Waals surface area contributed by atoms with Crippen LogP contribution in [-0.2, 0) is 6.18 Å². The molecule has 1 aromatic carbocycles. The number of thioether (sulfide) groups is 1. The minimum absolute atomic E-state index is 0.208. The predicted octanol–water partition coefficient (Wildman–Crippen LogP) is 4.76. The summed E-state index contributed by atoms with van der Waals surface area (Å²) in [6, 6.07) is 3.81. The van der Waals surface area contributed by atoms with Crippen molar-refractivity contribution in [3.63, 3.8) is 0 Å². The molecule has 16 heavy (non-hydrogen) atoms. The number of rotatable bonds is 2. The van der Waals surface area contributed by atoms with Crippen molar-refractivity contribution in [1.29, 1.82) is 0 Å². The lowest BCUT2D eigenvalue weighted by molar-refractivity contribution is -0.137. The molecule has 1 nitrogen and oxygen atoms in total. The van der Waals surface area contributed by atoms with Crippen LogP contribution in [0.3, 0.4) is 0 Å². The number of hydrogen-bond acceptors (Lipinski definition) is 1. The van der Waals surface area contributed by atoms with E-state index in [1.165, 1.54) is 17.8 Å². The van der Waals surface area contributed by atoms with Crippen molar-refractivity contribution in [3.8, 4) is 0 Å². The second-order valence-corrected chi connectivity index (χ2v) is 5.11. The summed E-state index contributed by atoms with van der Waals surface area (Å²) < 4.78 is 37.8. The van der Waals surface area contributed by atoms with Crippen molar-refractivity contribution in [3.05, 3.63) is 35.2 Å². The summed E-state index contributed by atoms with van der Waals surface area (Å²) >= 11 is 1.35. The molecule has 0 spiro atoms. The maximum Gasteiger partial charge on any atom is 0.407 e. The highest BCUT2D eigenvalue weighted by Gasteiger charge is 2.33. The molecule has 0 bridgehead atoms. The van der Waals surface area contributed by atoms with Gasteiger partial charge in [-0.15, -0.1) is 11.8 Å². The highest BCUT2D eigenvalue weighted by Crippen LogP contribution is 2.39. The zero-order valence-corrected chi connectivity index (χ0v) is 9.62. The fourth-order valence-electron chi connectivity index (χ4n) is 1.19. The third-order valence-corrected chi connectivity index (χ3v) is 2.76. The third kappa shape index (κ3) is 3.17. The minimum atomic E-state index is -4.46. The van der Waals surface area contributed by atoms with Crippen molar-refractivity contribution in [2.24, 2.45) is 0 Å². The van der Waals surface area contributed by atoms with Crippen molar-refractivity contribution in [1.82, 2.24) is 0 Å². The summed E-state index contributed by atoms with van der Waals surface area (Å²) in [7, 11) is 0. The molecule has 1 aromatic rings. The molecule has 86 valence electrons. The molecule has 1 rings (SSSR count). The second-order valence-electron chi connectivity index (χ2n) is 3.46. The molecular weight excluding hydrogens is 235 g/mol. The molecule has 0 heterocycles. The van der Waals surface area contributed by atoms with Crippen LogP contribution in [0.25, 0.3) is 4.85 Å². The van der Waals surface area contributed by atoms with Crippen molar-refractivity contribution >= 4 is 17.4 Å². The van der Waals surface area contributed by atoms with Gasteiger partial charge in [-0.05, 0) is 6.07 Å². The standard InChI is InChI=1S/C11H10F3NS/c1-7(2)16-8-4-5-10(15-3)9(6-8)11(12,13)14/h4-7H,1-2H3. The van der Waals surface area contributed by atoms with Gasteiger partial charge in [0, 0.05) is 10.1 Å². The van der Waals surface area contributed by atoms with Gasteiger partial charge >= 0.3 is 6.18 Å². The lowest BCUT2D eigenvalue weighted by atomic mass is 10.2. The molecule has 0 atom stereocenters. The molecule has 0 saturated heterocycles. The van der Waals surface area contributed by atoms with Gasteiger partial charge in [0.25, 0.3) is 0 Å². The summed E-state index contributed by atoms with van der Waals surface area (Å²) in [5.41, 5.74) is -1.20. The summed E-state index contributed by atoms with van der Waals surface area (Å²) in [5, 5.41) is 0.208. The van der Waals surface area contributed by atoms with Crippen molar-refractivity contribution in [2.75, 3.05) is 0 Å². The normalized spacial score (nSPS) is 11.6. The number of nitrogens with zero attached hydrogens (tertiary/aromatic N) is 1. The van der Waals surface area contributed by atoms with Gasteiger partial charge in [-0.25, -0.2) is 4.85 Å². The topological polar surface area (TPSA) is 4.36 Å². The Labute approximate surface area is 96.5 Å². The quantitative estimate of drug-likeness (QED) is 0.537. The molecule has 0 aliphatic carbocycles. The van der Waals surface area contributed by atoms with Crippen LogP contribution in [-0.4, -0.2) is 5.25 Å². The van der Waals surface area contributed by atoms with Crippen LogP contribution in [0.4, 0.5) is 18.9 Å². The van der Waals surface area contributed by atoms with Crippen molar-refractivity contribution in [2.45, 2.75) is 30.2 Å². The predicted molar refractivity (Wildman–Crippen MR) is 58.7 cm³/mol. The lowest BCUT2D eigenvalue weighted by Crippen LogP contribution is -2.05. The first kappa shape index (κ1) is 12.9. The Hall–Kier alpha value is -1.15. The molecular formula is C11H10F3NS. The van der Waals surface area contributed by atoms with Gasteiger partial charge in [-0.3, -0.25) is 0 Å². The monoisotopic (exact) mass is 245 g/mol. The Balaban J connectivity index is 3.18. The largest absolute Gasteiger partial charge is 0.407 e. The Bertz CT molecular complexity index is 418. The van der Waals surface area contributed by atoms with E-state index in [0.29, 0.717) is 4.90 Å². The zero-order valence-electron chi connectivity index (χ0n) is 8.80. The van der Waals surface area contributed by atoms with Gasteiger partial charge < -0.3 is 0 Å². The zero-order chi connectivity index (χ0) is 12.3. The molecule has 0 fully saturated rings. The molecule has 0 amide bonds. The van der Waals surface area contributed by atoms with Crippen LogP contribution >= 0.6 is 11.8 Å². The Morgan fingerprint density at radius 2 is 1.94 bits per heavy atom. The van der Waals surface area contributed by atoms with E-state index in [0.717, 1.165) is 6.07 Å². The molecule has 0 radical (unpaired) electrons. The summed E-state index contributed by atoms with van der Waals surface area (Å²) in [6.07, 6.45) is -4.46. The number of alkyl halides is 3. The van der Waals surface area contributed by atoms with E-state index in [-0.39, 0.29) is 10.9 Å². The van der Waals surface area contributed by atoms with Gasteiger partial charge in [0.05, 0.1) is 12.1 Å². The molecule has 0 aliphatic heterocycles.